The quantitative estimate of drug-likeness (QED) is 0.692. The lowest BCUT2D eigenvalue weighted by Crippen LogP contribution is -2.35. The van der Waals surface area contributed by atoms with Crippen LogP contribution in [0.4, 0.5) is 5.69 Å². The number of hydrogen-bond acceptors (Lipinski definition) is 4. The van der Waals surface area contributed by atoms with Crippen LogP contribution < -0.4 is 5.73 Å². The summed E-state index contributed by atoms with van der Waals surface area (Å²) >= 11 is 0. The normalized spacial score (nSPS) is 13.7. The molecule has 2 N–H and O–H groups in total. The van der Waals surface area contributed by atoms with Crippen molar-refractivity contribution >= 4 is 28.4 Å². The molecule has 0 aliphatic carbocycles. The van der Waals surface area contributed by atoms with Crippen molar-refractivity contribution in [2.75, 3.05) is 12.3 Å². The van der Waals surface area contributed by atoms with Gasteiger partial charge in [0.05, 0.1) is 11.1 Å². The van der Waals surface area contributed by atoms with Gasteiger partial charge in [-0.05, 0) is 41.8 Å². The van der Waals surface area contributed by atoms with E-state index >= 15 is 0 Å². The first-order chi connectivity index (χ1) is 12.0. The molecule has 6 nitrogen and oxygen atoms in total. The summed E-state index contributed by atoms with van der Waals surface area (Å²) in [4.78, 5) is 30.7. The van der Waals surface area contributed by atoms with E-state index in [0.717, 1.165) is 22.0 Å². The van der Waals surface area contributed by atoms with E-state index in [-0.39, 0.29) is 11.8 Å². The molecule has 0 radical (unpaired) electrons. The van der Waals surface area contributed by atoms with E-state index in [9.17, 15) is 9.59 Å². The van der Waals surface area contributed by atoms with Crippen molar-refractivity contribution in [2.45, 2.75) is 19.9 Å². The molecule has 1 aromatic carbocycles. The first kappa shape index (κ1) is 15.4. The summed E-state index contributed by atoms with van der Waals surface area (Å²) in [5, 5.41) is 0.925. The minimum absolute atomic E-state index is 0.0383. The van der Waals surface area contributed by atoms with Gasteiger partial charge in [0.15, 0.2) is 0 Å². The van der Waals surface area contributed by atoms with E-state index in [1.165, 1.54) is 0 Å². The molecule has 2 aromatic heterocycles. The van der Waals surface area contributed by atoms with Gasteiger partial charge in [-0.25, -0.2) is 0 Å². The van der Waals surface area contributed by atoms with Crippen LogP contribution in [-0.2, 0) is 17.8 Å². The molecule has 3 heterocycles. The molecule has 1 amide bonds. The Balaban J connectivity index is 1.76. The second kappa shape index (κ2) is 5.73. The average molecular weight is 334 g/mol. The van der Waals surface area contributed by atoms with E-state index in [2.05, 4.69) is 4.98 Å². The van der Waals surface area contributed by atoms with Gasteiger partial charge in [0, 0.05) is 49.7 Å². The second-order valence-corrected chi connectivity index (χ2v) is 6.32. The van der Waals surface area contributed by atoms with Crippen LogP contribution in [0, 0.1) is 0 Å². The van der Waals surface area contributed by atoms with Gasteiger partial charge in [-0.2, -0.15) is 0 Å². The van der Waals surface area contributed by atoms with Crippen LogP contribution >= 0.6 is 0 Å². The zero-order valence-electron chi connectivity index (χ0n) is 13.9. The lowest BCUT2D eigenvalue weighted by atomic mass is 9.96. The van der Waals surface area contributed by atoms with Crippen LogP contribution in [0.15, 0.2) is 42.9 Å². The Morgan fingerprint density at radius 1 is 1.20 bits per heavy atom. The lowest BCUT2D eigenvalue weighted by Gasteiger charge is -2.28. The first-order valence-electron chi connectivity index (χ1n) is 8.17. The third kappa shape index (κ3) is 2.55. The molecule has 0 saturated heterocycles. The fourth-order valence-corrected chi connectivity index (χ4v) is 3.41. The molecule has 4 rings (SSSR count). The average Bonchev–Trinajstić information content (AvgIpc) is 3.03. The molecule has 0 spiro atoms. The topological polar surface area (TPSA) is 81.2 Å². The van der Waals surface area contributed by atoms with Crippen LogP contribution in [0.3, 0.4) is 0 Å². The third-order valence-corrected chi connectivity index (χ3v) is 4.75. The maximum Gasteiger partial charge on any atom is 0.264 e. The van der Waals surface area contributed by atoms with Gasteiger partial charge >= 0.3 is 0 Å². The molecule has 0 atom stereocenters. The highest BCUT2D eigenvalue weighted by Gasteiger charge is 2.24. The molecule has 25 heavy (non-hydrogen) atoms. The molecule has 0 unspecified atom stereocenters. The summed E-state index contributed by atoms with van der Waals surface area (Å²) < 4.78 is 1.63. The number of amides is 1. The summed E-state index contributed by atoms with van der Waals surface area (Å²) in [7, 11) is 0. The lowest BCUT2D eigenvalue weighted by molar-refractivity contribution is -0.129. The molecule has 1 aliphatic rings. The van der Waals surface area contributed by atoms with E-state index in [1.54, 1.807) is 41.0 Å². The molecular formula is C19H18N4O2. The predicted molar refractivity (Wildman–Crippen MR) is 95.1 cm³/mol. The van der Waals surface area contributed by atoms with Crippen LogP contribution in [0.25, 0.3) is 10.9 Å². The molecule has 3 aromatic rings. The van der Waals surface area contributed by atoms with Gasteiger partial charge in [0.2, 0.25) is 5.91 Å². The molecule has 0 fully saturated rings. The Hall–Kier alpha value is -3.15. The predicted octanol–water partition coefficient (Wildman–Crippen LogP) is 2.21. The number of aromatic nitrogens is 2. The molecule has 126 valence electrons. The number of nitrogens with two attached hydrogens (primary N) is 1. The van der Waals surface area contributed by atoms with Gasteiger partial charge in [-0.1, -0.05) is 0 Å². The van der Waals surface area contributed by atoms with Crippen molar-refractivity contribution < 1.29 is 9.59 Å². The Kier molecular flexibility index (Phi) is 3.53. The number of fused-ring (bicyclic) bond motifs is 2. The SMILES string of the molecule is CC(=O)N1CCc2c(cncc2C(=O)n2ccc3cc(N)ccc32)C1. The van der Waals surface area contributed by atoms with Gasteiger partial charge in [-0.3, -0.25) is 19.1 Å². The monoisotopic (exact) mass is 334 g/mol. The summed E-state index contributed by atoms with van der Waals surface area (Å²) in [6, 6.07) is 7.37. The molecule has 1 aliphatic heterocycles. The Bertz CT molecular complexity index is 1010. The highest BCUT2D eigenvalue weighted by molar-refractivity contribution is 6.03. The number of anilines is 1. The summed E-state index contributed by atoms with van der Waals surface area (Å²) in [5.41, 5.74) is 9.81. The Morgan fingerprint density at radius 3 is 2.84 bits per heavy atom. The van der Waals surface area contributed by atoms with Crippen molar-refractivity contribution in [3.05, 3.63) is 59.5 Å². The summed E-state index contributed by atoms with van der Waals surface area (Å²) in [6.07, 6.45) is 5.78. The standard InChI is InChI=1S/C19H18N4O2/c1-12(24)22-6-5-16-14(11-22)9-21-10-17(16)19(25)23-7-4-13-8-15(20)2-3-18(13)23/h2-4,7-10H,5-6,11,20H2,1H3. The number of carbonyl (C=O) groups is 2. The molecule has 0 bridgehead atoms. The van der Waals surface area contributed by atoms with Crippen LogP contribution in [-0.4, -0.2) is 32.8 Å². The molecule has 0 saturated carbocycles. The van der Waals surface area contributed by atoms with Crippen molar-refractivity contribution in [3.63, 3.8) is 0 Å². The number of hydrogen-bond donors (Lipinski definition) is 1. The second-order valence-electron chi connectivity index (χ2n) is 6.32. The van der Waals surface area contributed by atoms with Gasteiger partial charge in [0.1, 0.15) is 0 Å². The van der Waals surface area contributed by atoms with Crippen molar-refractivity contribution in [2.24, 2.45) is 0 Å². The number of nitrogens with zero attached hydrogens (tertiary/aromatic N) is 3. The van der Waals surface area contributed by atoms with Crippen molar-refractivity contribution in [1.82, 2.24) is 14.5 Å². The highest BCUT2D eigenvalue weighted by atomic mass is 16.2. The van der Waals surface area contributed by atoms with E-state index in [4.69, 9.17) is 5.73 Å². The van der Waals surface area contributed by atoms with E-state index in [0.29, 0.717) is 30.8 Å². The number of nitrogen functional groups attached to an aromatic ring is 1. The molecule has 6 heteroatoms. The zero-order valence-corrected chi connectivity index (χ0v) is 13.9. The van der Waals surface area contributed by atoms with Crippen LogP contribution in [0.2, 0.25) is 0 Å². The van der Waals surface area contributed by atoms with Gasteiger partial charge < -0.3 is 10.6 Å². The van der Waals surface area contributed by atoms with Crippen molar-refractivity contribution in [3.8, 4) is 0 Å². The smallest absolute Gasteiger partial charge is 0.264 e. The number of benzene rings is 1. The summed E-state index contributed by atoms with van der Waals surface area (Å²) in [6.45, 7) is 2.68. The maximum atomic E-state index is 13.1. The number of rotatable bonds is 1. The maximum absolute atomic E-state index is 13.1. The van der Waals surface area contributed by atoms with E-state index < -0.39 is 0 Å². The minimum Gasteiger partial charge on any atom is -0.399 e. The largest absolute Gasteiger partial charge is 0.399 e. The Morgan fingerprint density at radius 2 is 2.04 bits per heavy atom. The van der Waals surface area contributed by atoms with Crippen LogP contribution in [0.5, 0.6) is 0 Å². The fraction of sp³-hybridized carbons (Fsp3) is 0.211. The number of carbonyl (C=O) groups excluding carboxylic acids is 2. The van der Waals surface area contributed by atoms with Gasteiger partial charge in [-0.15, -0.1) is 0 Å². The van der Waals surface area contributed by atoms with Crippen molar-refractivity contribution in [1.29, 1.82) is 0 Å². The summed E-state index contributed by atoms with van der Waals surface area (Å²) in [5.74, 6) is -0.0724. The minimum atomic E-state index is -0.111. The Labute approximate surface area is 144 Å². The highest BCUT2D eigenvalue weighted by Crippen LogP contribution is 2.25. The third-order valence-electron chi connectivity index (χ3n) is 4.75. The van der Waals surface area contributed by atoms with Crippen LogP contribution in [0.1, 0.15) is 28.4 Å². The fourth-order valence-electron chi connectivity index (χ4n) is 3.41. The number of pyridine rings is 1. The first-order valence-corrected chi connectivity index (χ1v) is 8.17. The zero-order chi connectivity index (χ0) is 17.6. The van der Waals surface area contributed by atoms with Gasteiger partial charge in [0.25, 0.3) is 5.91 Å². The van der Waals surface area contributed by atoms with E-state index in [1.807, 2.05) is 18.2 Å². The molecular weight excluding hydrogens is 316 g/mol.